The van der Waals surface area contributed by atoms with E-state index >= 15 is 0 Å². The molecule has 0 bridgehead atoms. The molecule has 64 valence electrons. The maximum atomic E-state index is 11.0. The third-order valence-corrected chi connectivity index (χ3v) is 1.70. The lowest BCUT2D eigenvalue weighted by atomic mass is 10.3. The summed E-state index contributed by atoms with van der Waals surface area (Å²) in [4.78, 5) is 5.28. The molecule has 1 saturated heterocycles. The molecule has 1 aliphatic heterocycles. The van der Waals surface area contributed by atoms with Crippen molar-refractivity contribution in [1.29, 1.82) is 0 Å². The number of aliphatic imine (C=N–C) groups is 1. The molecule has 1 fully saturated rings. The van der Waals surface area contributed by atoms with Crippen LogP contribution in [0.25, 0.3) is 0 Å². The van der Waals surface area contributed by atoms with Gasteiger partial charge < -0.3 is 14.7 Å². The van der Waals surface area contributed by atoms with Gasteiger partial charge >= 0.3 is 0 Å². The molecular weight excluding hydrogens is 144 g/mol. The minimum Gasteiger partial charge on any atom is -0.846 e. The van der Waals surface area contributed by atoms with E-state index in [2.05, 4.69) is 4.99 Å². The largest absolute Gasteiger partial charge is 0.846 e. The number of ether oxygens (including phenoxy) is 1. The average molecular weight is 157 g/mol. The van der Waals surface area contributed by atoms with E-state index < -0.39 is 0 Å². The number of morpholine rings is 1. The molecule has 4 heteroatoms. The van der Waals surface area contributed by atoms with Crippen molar-refractivity contribution < 1.29 is 9.84 Å². The molecule has 0 radical (unpaired) electrons. The van der Waals surface area contributed by atoms with Crippen LogP contribution in [0, 0.1) is 0 Å². The van der Waals surface area contributed by atoms with Gasteiger partial charge in [-0.25, -0.2) is 0 Å². The molecule has 0 saturated carbocycles. The first kappa shape index (κ1) is 8.33. The minimum absolute atomic E-state index is 0.139. The zero-order valence-corrected chi connectivity index (χ0v) is 6.91. The molecular formula is C7H13N2O2-. The van der Waals surface area contributed by atoms with E-state index in [0.717, 1.165) is 0 Å². The second-order valence-corrected chi connectivity index (χ2v) is 2.63. The van der Waals surface area contributed by atoms with Crippen molar-refractivity contribution in [3.63, 3.8) is 0 Å². The molecule has 11 heavy (non-hydrogen) atoms. The smallest absolute Gasteiger partial charge is 0.0722 e. The van der Waals surface area contributed by atoms with Gasteiger partial charge in [0, 0.05) is 26.2 Å². The van der Waals surface area contributed by atoms with Gasteiger partial charge in [0.2, 0.25) is 0 Å². The summed E-state index contributed by atoms with van der Waals surface area (Å²) >= 11 is 0. The van der Waals surface area contributed by atoms with Crippen LogP contribution in [-0.4, -0.2) is 43.8 Å². The molecule has 1 unspecified atom stereocenters. The SMILES string of the molecule is CN=C([O-])N1CCOC(C)C1. The monoisotopic (exact) mass is 157 g/mol. The first-order valence-corrected chi connectivity index (χ1v) is 3.74. The molecule has 0 aliphatic carbocycles. The highest BCUT2D eigenvalue weighted by molar-refractivity contribution is 5.68. The molecule has 1 atom stereocenters. The van der Waals surface area contributed by atoms with Crippen LogP contribution in [0.1, 0.15) is 6.92 Å². The summed E-state index contributed by atoms with van der Waals surface area (Å²) in [6.45, 7) is 3.91. The van der Waals surface area contributed by atoms with Crippen molar-refractivity contribution in [2.75, 3.05) is 26.7 Å². The van der Waals surface area contributed by atoms with E-state index in [4.69, 9.17) is 4.74 Å². The van der Waals surface area contributed by atoms with Crippen molar-refractivity contribution >= 4 is 6.02 Å². The highest BCUT2D eigenvalue weighted by Gasteiger charge is 2.14. The normalized spacial score (nSPS) is 27.3. The van der Waals surface area contributed by atoms with Crippen LogP contribution in [0.4, 0.5) is 0 Å². The lowest BCUT2D eigenvalue weighted by Crippen LogP contribution is -2.49. The summed E-state index contributed by atoms with van der Waals surface area (Å²) in [5.74, 6) is 0. The number of amidine groups is 1. The van der Waals surface area contributed by atoms with Crippen molar-refractivity contribution in [2.24, 2.45) is 4.99 Å². The molecule has 1 rings (SSSR count). The summed E-state index contributed by atoms with van der Waals surface area (Å²) in [6.07, 6.45) is 0.148. The van der Waals surface area contributed by atoms with Crippen LogP contribution in [-0.2, 0) is 4.74 Å². The Kier molecular flexibility index (Phi) is 2.70. The van der Waals surface area contributed by atoms with E-state index in [0.29, 0.717) is 19.7 Å². The topological polar surface area (TPSA) is 47.9 Å². The Labute approximate surface area is 66.5 Å². The van der Waals surface area contributed by atoms with Gasteiger partial charge in [-0.15, -0.1) is 0 Å². The van der Waals surface area contributed by atoms with Gasteiger partial charge in [-0.05, 0) is 6.92 Å². The molecule has 0 aromatic rings. The zero-order valence-electron chi connectivity index (χ0n) is 6.91. The minimum atomic E-state index is -0.139. The van der Waals surface area contributed by atoms with Crippen LogP contribution in [0.2, 0.25) is 0 Å². The van der Waals surface area contributed by atoms with Gasteiger partial charge in [0.1, 0.15) is 0 Å². The van der Waals surface area contributed by atoms with E-state index in [-0.39, 0.29) is 12.1 Å². The standard InChI is InChI=1S/C7H14N2O2/c1-6-5-9(3-4-11-6)7(10)8-2/h6H,3-5H2,1-2H3,(H,8,10)/p-1. The number of nitrogens with zero attached hydrogens (tertiary/aromatic N) is 2. The number of rotatable bonds is 0. The van der Waals surface area contributed by atoms with Gasteiger partial charge in [-0.3, -0.25) is 4.99 Å². The first-order chi connectivity index (χ1) is 5.24. The molecule has 1 heterocycles. The van der Waals surface area contributed by atoms with E-state index in [1.165, 1.54) is 7.05 Å². The van der Waals surface area contributed by atoms with Crippen LogP contribution in [0.15, 0.2) is 4.99 Å². The first-order valence-electron chi connectivity index (χ1n) is 3.74. The zero-order chi connectivity index (χ0) is 8.27. The fourth-order valence-corrected chi connectivity index (χ4v) is 1.13. The molecule has 0 aromatic heterocycles. The lowest BCUT2D eigenvalue weighted by Gasteiger charge is -2.35. The Morgan fingerprint density at radius 3 is 3.00 bits per heavy atom. The fraction of sp³-hybridized carbons (Fsp3) is 0.857. The van der Waals surface area contributed by atoms with Crippen molar-refractivity contribution in [3.8, 4) is 0 Å². The van der Waals surface area contributed by atoms with Crippen LogP contribution < -0.4 is 5.11 Å². The highest BCUT2D eigenvalue weighted by atomic mass is 16.5. The molecule has 1 aliphatic rings. The lowest BCUT2D eigenvalue weighted by molar-refractivity contribution is -0.239. The summed E-state index contributed by atoms with van der Waals surface area (Å²) in [6, 6.07) is -0.139. The highest BCUT2D eigenvalue weighted by Crippen LogP contribution is 2.02. The molecule has 0 N–H and O–H groups in total. The van der Waals surface area contributed by atoms with Crippen LogP contribution >= 0.6 is 0 Å². The van der Waals surface area contributed by atoms with Gasteiger partial charge in [0.05, 0.1) is 12.7 Å². The second-order valence-electron chi connectivity index (χ2n) is 2.63. The Balaban J connectivity index is 2.46. The fourth-order valence-electron chi connectivity index (χ4n) is 1.13. The summed E-state index contributed by atoms with van der Waals surface area (Å²) in [5.41, 5.74) is 0. The Morgan fingerprint density at radius 1 is 1.73 bits per heavy atom. The van der Waals surface area contributed by atoms with Gasteiger partial charge in [0.15, 0.2) is 0 Å². The predicted molar refractivity (Wildman–Crippen MR) is 40.3 cm³/mol. The van der Waals surface area contributed by atoms with Gasteiger partial charge in [-0.1, -0.05) is 0 Å². The number of hydrogen-bond acceptors (Lipinski definition) is 3. The third-order valence-electron chi connectivity index (χ3n) is 1.70. The van der Waals surface area contributed by atoms with Gasteiger partial charge in [-0.2, -0.15) is 0 Å². The van der Waals surface area contributed by atoms with E-state index in [9.17, 15) is 5.11 Å². The van der Waals surface area contributed by atoms with E-state index in [1.807, 2.05) is 6.92 Å². The van der Waals surface area contributed by atoms with E-state index in [1.54, 1.807) is 4.90 Å². The molecule has 4 nitrogen and oxygen atoms in total. The summed E-state index contributed by atoms with van der Waals surface area (Å²) in [7, 11) is 1.52. The summed E-state index contributed by atoms with van der Waals surface area (Å²) < 4.78 is 5.27. The van der Waals surface area contributed by atoms with Gasteiger partial charge in [0.25, 0.3) is 0 Å². The Bertz CT molecular complexity index is 159. The molecule has 0 spiro atoms. The average Bonchev–Trinajstić information content (AvgIpc) is 2.03. The predicted octanol–water partition coefficient (Wildman–Crippen LogP) is -0.947. The Morgan fingerprint density at radius 2 is 2.45 bits per heavy atom. The Hall–Kier alpha value is -0.770. The van der Waals surface area contributed by atoms with Crippen molar-refractivity contribution in [2.45, 2.75) is 13.0 Å². The summed E-state index contributed by atoms with van der Waals surface area (Å²) in [5, 5.41) is 11.0. The quantitative estimate of drug-likeness (QED) is 0.336. The maximum absolute atomic E-state index is 11.0. The van der Waals surface area contributed by atoms with Crippen LogP contribution in [0.3, 0.4) is 0 Å². The van der Waals surface area contributed by atoms with Crippen LogP contribution in [0.5, 0.6) is 0 Å². The van der Waals surface area contributed by atoms with Crippen molar-refractivity contribution in [1.82, 2.24) is 4.90 Å². The number of hydrogen-bond donors (Lipinski definition) is 0. The van der Waals surface area contributed by atoms with Crippen molar-refractivity contribution in [3.05, 3.63) is 0 Å². The molecule has 0 amide bonds. The maximum Gasteiger partial charge on any atom is 0.0722 e. The third kappa shape index (κ3) is 2.08. The second kappa shape index (κ2) is 3.57. The molecule has 0 aromatic carbocycles.